The number of aliphatic carboxylic acids is 1. The van der Waals surface area contributed by atoms with Gasteiger partial charge in [-0.2, -0.15) is 0 Å². The lowest BCUT2D eigenvalue weighted by atomic mass is 10.1. The number of rotatable bonds is 4. The van der Waals surface area contributed by atoms with Crippen LogP contribution in [-0.2, 0) is 9.59 Å². The third kappa shape index (κ3) is 2.93. The number of carboxylic acid groups (broad SMARTS) is 1. The van der Waals surface area contributed by atoms with Crippen LogP contribution in [0.2, 0.25) is 0 Å². The highest BCUT2D eigenvalue weighted by atomic mass is 16.4. The summed E-state index contributed by atoms with van der Waals surface area (Å²) in [7, 11) is 0. The number of hydrogen-bond acceptors (Lipinski definition) is 3. The standard InChI is InChI=1S/C9H11NO4/c1-6(11)10-7(5-9(12)13)8-3-2-4-14-8/h2-4,7H,5H2,1H3,(H,10,11)(H,12,13)/t7-/m1/s1. The van der Waals surface area contributed by atoms with E-state index < -0.39 is 12.0 Å². The van der Waals surface area contributed by atoms with Crippen LogP contribution >= 0.6 is 0 Å². The zero-order valence-electron chi connectivity index (χ0n) is 7.69. The van der Waals surface area contributed by atoms with Crippen molar-refractivity contribution in [2.24, 2.45) is 0 Å². The van der Waals surface area contributed by atoms with Crippen molar-refractivity contribution in [3.05, 3.63) is 24.2 Å². The van der Waals surface area contributed by atoms with E-state index in [1.54, 1.807) is 12.1 Å². The first-order valence-electron chi connectivity index (χ1n) is 4.12. The number of hydrogen-bond donors (Lipinski definition) is 2. The van der Waals surface area contributed by atoms with E-state index in [1.165, 1.54) is 13.2 Å². The molecule has 0 spiro atoms. The molecular weight excluding hydrogens is 186 g/mol. The quantitative estimate of drug-likeness (QED) is 0.752. The third-order valence-electron chi connectivity index (χ3n) is 1.64. The smallest absolute Gasteiger partial charge is 0.305 e. The lowest BCUT2D eigenvalue weighted by Gasteiger charge is -2.12. The predicted molar refractivity (Wildman–Crippen MR) is 47.5 cm³/mol. The molecule has 0 saturated carbocycles. The Morgan fingerprint density at radius 3 is 2.79 bits per heavy atom. The first-order valence-corrected chi connectivity index (χ1v) is 4.12. The highest BCUT2D eigenvalue weighted by Gasteiger charge is 2.18. The van der Waals surface area contributed by atoms with Gasteiger partial charge in [-0.25, -0.2) is 0 Å². The van der Waals surface area contributed by atoms with E-state index in [1.807, 2.05) is 0 Å². The van der Waals surface area contributed by atoms with Crippen molar-refractivity contribution in [3.63, 3.8) is 0 Å². The lowest BCUT2D eigenvalue weighted by molar-refractivity contribution is -0.137. The van der Waals surface area contributed by atoms with Crippen molar-refractivity contribution in [2.45, 2.75) is 19.4 Å². The van der Waals surface area contributed by atoms with Crippen LogP contribution < -0.4 is 5.32 Å². The number of carbonyl (C=O) groups excluding carboxylic acids is 1. The summed E-state index contributed by atoms with van der Waals surface area (Å²) in [6, 6.07) is 2.68. The molecule has 0 unspecified atom stereocenters. The molecule has 2 N–H and O–H groups in total. The summed E-state index contributed by atoms with van der Waals surface area (Å²) < 4.78 is 5.02. The average molecular weight is 197 g/mol. The first-order chi connectivity index (χ1) is 6.59. The molecule has 1 atom stereocenters. The number of amides is 1. The van der Waals surface area contributed by atoms with E-state index in [4.69, 9.17) is 9.52 Å². The SMILES string of the molecule is CC(=O)N[C@H](CC(=O)O)c1ccco1. The second-order valence-corrected chi connectivity index (χ2v) is 2.87. The van der Waals surface area contributed by atoms with Crippen LogP contribution in [0.5, 0.6) is 0 Å². The van der Waals surface area contributed by atoms with Gasteiger partial charge in [-0.15, -0.1) is 0 Å². The van der Waals surface area contributed by atoms with Gasteiger partial charge in [0.15, 0.2) is 0 Å². The van der Waals surface area contributed by atoms with Crippen molar-refractivity contribution >= 4 is 11.9 Å². The molecule has 76 valence electrons. The average Bonchev–Trinajstić information content (AvgIpc) is 2.52. The van der Waals surface area contributed by atoms with E-state index >= 15 is 0 Å². The van der Waals surface area contributed by atoms with Crippen molar-refractivity contribution < 1.29 is 19.1 Å². The van der Waals surface area contributed by atoms with Crippen molar-refractivity contribution in [1.29, 1.82) is 0 Å². The van der Waals surface area contributed by atoms with Crippen molar-refractivity contribution in [3.8, 4) is 0 Å². The fraction of sp³-hybridized carbons (Fsp3) is 0.333. The van der Waals surface area contributed by atoms with Gasteiger partial charge in [0.25, 0.3) is 0 Å². The molecule has 1 heterocycles. The molecule has 0 fully saturated rings. The van der Waals surface area contributed by atoms with E-state index in [-0.39, 0.29) is 12.3 Å². The van der Waals surface area contributed by atoms with Gasteiger partial charge in [-0.3, -0.25) is 9.59 Å². The zero-order chi connectivity index (χ0) is 10.6. The zero-order valence-corrected chi connectivity index (χ0v) is 7.69. The maximum Gasteiger partial charge on any atom is 0.305 e. The largest absolute Gasteiger partial charge is 0.481 e. The molecule has 1 rings (SSSR count). The van der Waals surface area contributed by atoms with E-state index in [0.717, 1.165) is 0 Å². The summed E-state index contributed by atoms with van der Waals surface area (Å²) in [6.07, 6.45) is 1.25. The fourth-order valence-electron chi connectivity index (χ4n) is 1.13. The topological polar surface area (TPSA) is 79.5 Å². The maximum atomic E-state index is 10.8. The van der Waals surface area contributed by atoms with Crippen molar-refractivity contribution in [1.82, 2.24) is 5.32 Å². The monoisotopic (exact) mass is 197 g/mol. The van der Waals surface area contributed by atoms with Crippen LogP contribution in [0.25, 0.3) is 0 Å². The highest BCUT2D eigenvalue weighted by molar-refractivity contribution is 5.75. The number of carboxylic acids is 1. The number of nitrogens with one attached hydrogen (secondary N) is 1. The minimum atomic E-state index is -0.986. The Kier molecular flexibility index (Phi) is 3.28. The van der Waals surface area contributed by atoms with E-state index in [2.05, 4.69) is 5.32 Å². The van der Waals surface area contributed by atoms with Crippen molar-refractivity contribution in [2.75, 3.05) is 0 Å². The Bertz CT molecular complexity index is 302. The van der Waals surface area contributed by atoms with Crippen LogP contribution in [0, 0.1) is 0 Å². The normalized spacial score (nSPS) is 12.1. The lowest BCUT2D eigenvalue weighted by Crippen LogP contribution is -2.27. The van der Waals surface area contributed by atoms with Gasteiger partial charge in [0.05, 0.1) is 18.7 Å². The molecule has 5 nitrogen and oxygen atoms in total. The Morgan fingerprint density at radius 2 is 2.36 bits per heavy atom. The molecular formula is C9H11NO4. The van der Waals surface area contributed by atoms with Crippen LogP contribution in [0.4, 0.5) is 0 Å². The molecule has 1 amide bonds. The summed E-state index contributed by atoms with van der Waals surface area (Å²) in [4.78, 5) is 21.3. The minimum Gasteiger partial charge on any atom is -0.481 e. The second-order valence-electron chi connectivity index (χ2n) is 2.87. The maximum absolute atomic E-state index is 10.8. The van der Waals surface area contributed by atoms with Gasteiger partial charge < -0.3 is 14.8 Å². The molecule has 0 aliphatic carbocycles. The Morgan fingerprint density at radius 1 is 1.64 bits per heavy atom. The summed E-state index contributed by atoms with van der Waals surface area (Å²) in [5, 5.41) is 11.1. The van der Waals surface area contributed by atoms with Gasteiger partial charge in [0.1, 0.15) is 5.76 Å². The van der Waals surface area contributed by atoms with Gasteiger partial charge in [-0.05, 0) is 12.1 Å². The molecule has 0 aliphatic heterocycles. The molecule has 14 heavy (non-hydrogen) atoms. The molecule has 0 aliphatic rings. The summed E-state index contributed by atoms with van der Waals surface area (Å²) in [5.41, 5.74) is 0. The Balaban J connectivity index is 2.71. The molecule has 0 saturated heterocycles. The summed E-state index contributed by atoms with van der Waals surface area (Å²) in [6.45, 7) is 1.33. The Hall–Kier alpha value is -1.78. The number of furan rings is 1. The molecule has 0 radical (unpaired) electrons. The fourth-order valence-corrected chi connectivity index (χ4v) is 1.13. The second kappa shape index (κ2) is 4.45. The van der Waals surface area contributed by atoms with Crippen LogP contribution in [-0.4, -0.2) is 17.0 Å². The van der Waals surface area contributed by atoms with Gasteiger partial charge in [0, 0.05) is 6.92 Å². The molecule has 5 heteroatoms. The summed E-state index contributed by atoms with van der Waals surface area (Å²) in [5.74, 6) is -0.824. The molecule has 0 bridgehead atoms. The minimum absolute atomic E-state index is 0.187. The van der Waals surface area contributed by atoms with Gasteiger partial charge in [-0.1, -0.05) is 0 Å². The number of carbonyl (C=O) groups is 2. The first kappa shape index (κ1) is 10.3. The third-order valence-corrected chi connectivity index (χ3v) is 1.64. The van der Waals surface area contributed by atoms with Crippen LogP contribution in [0.15, 0.2) is 22.8 Å². The highest BCUT2D eigenvalue weighted by Crippen LogP contribution is 2.16. The molecule has 0 aromatic carbocycles. The van der Waals surface area contributed by atoms with E-state index in [0.29, 0.717) is 5.76 Å². The van der Waals surface area contributed by atoms with E-state index in [9.17, 15) is 9.59 Å². The molecule has 1 aromatic heterocycles. The molecule has 1 aromatic rings. The Labute approximate surface area is 80.7 Å². The predicted octanol–water partition coefficient (Wildman–Crippen LogP) is 0.932. The summed E-state index contributed by atoms with van der Waals surface area (Å²) >= 11 is 0. The van der Waals surface area contributed by atoms with Gasteiger partial charge >= 0.3 is 5.97 Å². The van der Waals surface area contributed by atoms with Crippen LogP contribution in [0.3, 0.4) is 0 Å². The van der Waals surface area contributed by atoms with Gasteiger partial charge in [0.2, 0.25) is 5.91 Å². The van der Waals surface area contributed by atoms with Crippen LogP contribution in [0.1, 0.15) is 25.1 Å².